The number of ether oxygens (including phenoxy) is 1. The molecule has 0 spiro atoms. The molecule has 1 aromatic heterocycles. The number of nitrogens with one attached hydrogen (secondary N) is 1. The van der Waals surface area contributed by atoms with Gasteiger partial charge in [-0.25, -0.2) is 0 Å². The van der Waals surface area contributed by atoms with Crippen LogP contribution in [0.5, 0.6) is 5.75 Å². The van der Waals surface area contributed by atoms with Crippen molar-refractivity contribution in [3.05, 3.63) is 77.3 Å². The van der Waals surface area contributed by atoms with Crippen LogP contribution in [0.3, 0.4) is 0 Å². The van der Waals surface area contributed by atoms with Crippen molar-refractivity contribution >= 4 is 28.5 Å². The second-order valence-electron chi connectivity index (χ2n) is 5.15. The Morgan fingerprint density at radius 2 is 1.76 bits per heavy atom. The highest BCUT2D eigenvalue weighted by Gasteiger charge is 2.06. The van der Waals surface area contributed by atoms with Crippen LogP contribution in [0.2, 0.25) is 0 Å². The van der Waals surface area contributed by atoms with E-state index in [1.54, 1.807) is 6.08 Å². The Labute approximate surface area is 150 Å². The van der Waals surface area contributed by atoms with Crippen molar-refractivity contribution in [2.75, 3.05) is 11.9 Å². The second kappa shape index (κ2) is 8.75. The SMILES string of the molecule is O=C(/C=C/c1ccccc1)Nc1nnc(CCOc2ccccc2)s1. The molecule has 0 atom stereocenters. The van der Waals surface area contributed by atoms with Gasteiger partial charge in [-0.2, -0.15) is 0 Å². The fraction of sp³-hybridized carbons (Fsp3) is 0.105. The van der Waals surface area contributed by atoms with Gasteiger partial charge in [0.25, 0.3) is 0 Å². The van der Waals surface area contributed by atoms with Gasteiger partial charge in [-0.1, -0.05) is 59.9 Å². The van der Waals surface area contributed by atoms with Gasteiger partial charge in [0, 0.05) is 12.5 Å². The fourth-order valence-corrected chi connectivity index (χ4v) is 2.78. The number of anilines is 1. The predicted molar refractivity (Wildman–Crippen MR) is 99.7 cm³/mol. The number of hydrogen-bond donors (Lipinski definition) is 1. The number of nitrogens with zero attached hydrogens (tertiary/aromatic N) is 2. The van der Waals surface area contributed by atoms with Gasteiger partial charge in [0.05, 0.1) is 6.61 Å². The molecular weight excluding hydrogens is 334 g/mol. The normalized spacial score (nSPS) is 10.7. The molecule has 0 unspecified atom stereocenters. The maximum absolute atomic E-state index is 11.9. The lowest BCUT2D eigenvalue weighted by Crippen LogP contribution is -2.07. The Hall–Kier alpha value is -2.99. The average molecular weight is 351 g/mol. The molecule has 0 aliphatic heterocycles. The minimum Gasteiger partial charge on any atom is -0.493 e. The molecule has 25 heavy (non-hydrogen) atoms. The Balaban J connectivity index is 1.46. The summed E-state index contributed by atoms with van der Waals surface area (Å²) >= 11 is 1.35. The Bertz CT molecular complexity index is 832. The molecule has 1 N–H and O–H groups in total. The molecule has 1 amide bonds. The number of benzene rings is 2. The van der Waals surface area contributed by atoms with Crippen LogP contribution in [0, 0.1) is 0 Å². The van der Waals surface area contributed by atoms with E-state index >= 15 is 0 Å². The Kier molecular flexibility index (Phi) is 5.90. The fourth-order valence-electron chi connectivity index (χ4n) is 2.06. The van der Waals surface area contributed by atoms with Gasteiger partial charge < -0.3 is 4.74 Å². The molecule has 5 nitrogen and oxygen atoms in total. The van der Waals surface area contributed by atoms with Crippen LogP contribution in [0.15, 0.2) is 66.7 Å². The van der Waals surface area contributed by atoms with Crippen molar-refractivity contribution < 1.29 is 9.53 Å². The molecule has 126 valence electrons. The van der Waals surface area contributed by atoms with Crippen LogP contribution in [0.25, 0.3) is 6.08 Å². The maximum Gasteiger partial charge on any atom is 0.250 e. The van der Waals surface area contributed by atoms with E-state index in [9.17, 15) is 4.79 Å². The van der Waals surface area contributed by atoms with Crippen LogP contribution < -0.4 is 10.1 Å². The minimum absolute atomic E-state index is 0.230. The standard InChI is InChI=1S/C19H17N3O2S/c23-17(12-11-15-7-3-1-4-8-15)20-19-22-21-18(25-19)13-14-24-16-9-5-2-6-10-16/h1-12H,13-14H2,(H,20,22,23)/b12-11+. The zero-order chi connectivity index (χ0) is 17.3. The molecule has 0 fully saturated rings. The molecule has 2 aromatic carbocycles. The Morgan fingerprint density at radius 3 is 2.52 bits per heavy atom. The third kappa shape index (κ3) is 5.54. The van der Waals surface area contributed by atoms with Gasteiger partial charge in [-0.05, 0) is 23.8 Å². The molecule has 0 saturated heterocycles. The summed E-state index contributed by atoms with van der Waals surface area (Å²) in [7, 11) is 0. The van der Waals surface area contributed by atoms with E-state index in [2.05, 4.69) is 15.5 Å². The summed E-state index contributed by atoms with van der Waals surface area (Å²) in [6, 6.07) is 19.3. The molecule has 0 aliphatic carbocycles. The summed E-state index contributed by atoms with van der Waals surface area (Å²) in [5.41, 5.74) is 0.966. The number of carbonyl (C=O) groups excluding carboxylic acids is 1. The number of amides is 1. The van der Waals surface area contributed by atoms with E-state index in [1.165, 1.54) is 17.4 Å². The lowest BCUT2D eigenvalue weighted by molar-refractivity contribution is -0.111. The molecule has 1 heterocycles. The van der Waals surface area contributed by atoms with Crippen LogP contribution in [-0.2, 0) is 11.2 Å². The van der Waals surface area contributed by atoms with E-state index in [4.69, 9.17) is 4.74 Å². The van der Waals surface area contributed by atoms with E-state index < -0.39 is 0 Å². The summed E-state index contributed by atoms with van der Waals surface area (Å²) in [5, 5.41) is 12.1. The molecule has 0 bridgehead atoms. The van der Waals surface area contributed by atoms with Crippen LogP contribution in [-0.4, -0.2) is 22.7 Å². The molecule has 0 radical (unpaired) electrons. The largest absolute Gasteiger partial charge is 0.493 e. The number of rotatable bonds is 7. The highest BCUT2D eigenvalue weighted by atomic mass is 32.1. The average Bonchev–Trinajstić information content (AvgIpc) is 3.09. The minimum atomic E-state index is -0.230. The van der Waals surface area contributed by atoms with Crippen LogP contribution in [0.1, 0.15) is 10.6 Å². The molecule has 3 aromatic rings. The van der Waals surface area contributed by atoms with E-state index in [-0.39, 0.29) is 5.91 Å². The van der Waals surface area contributed by atoms with Crippen molar-refractivity contribution in [2.24, 2.45) is 0 Å². The van der Waals surface area contributed by atoms with Gasteiger partial charge in [-0.15, -0.1) is 10.2 Å². The molecule has 3 rings (SSSR count). The number of hydrogen-bond acceptors (Lipinski definition) is 5. The summed E-state index contributed by atoms with van der Waals surface area (Å²) in [6.07, 6.45) is 3.88. The van der Waals surface area contributed by atoms with Gasteiger partial charge in [0.15, 0.2) is 0 Å². The number of carbonyl (C=O) groups is 1. The molecule has 6 heteroatoms. The smallest absolute Gasteiger partial charge is 0.250 e. The lowest BCUT2D eigenvalue weighted by Gasteiger charge is -2.03. The van der Waals surface area contributed by atoms with Crippen molar-refractivity contribution in [3.63, 3.8) is 0 Å². The van der Waals surface area contributed by atoms with Crippen LogP contribution >= 0.6 is 11.3 Å². The van der Waals surface area contributed by atoms with E-state index in [0.29, 0.717) is 18.2 Å². The number of aromatic nitrogens is 2. The van der Waals surface area contributed by atoms with Crippen LogP contribution in [0.4, 0.5) is 5.13 Å². The predicted octanol–water partition coefficient (Wildman–Crippen LogP) is 3.81. The number of para-hydroxylation sites is 1. The highest BCUT2D eigenvalue weighted by Crippen LogP contribution is 2.16. The van der Waals surface area contributed by atoms with Gasteiger partial charge in [0.1, 0.15) is 10.8 Å². The molecular formula is C19H17N3O2S. The summed E-state index contributed by atoms with van der Waals surface area (Å²) in [5.74, 6) is 0.596. The summed E-state index contributed by atoms with van der Waals surface area (Å²) in [4.78, 5) is 11.9. The first-order valence-electron chi connectivity index (χ1n) is 7.84. The lowest BCUT2D eigenvalue weighted by atomic mass is 10.2. The first-order valence-corrected chi connectivity index (χ1v) is 8.65. The summed E-state index contributed by atoms with van der Waals surface area (Å²) in [6.45, 7) is 0.514. The van der Waals surface area contributed by atoms with Gasteiger partial charge in [0.2, 0.25) is 11.0 Å². The summed E-state index contributed by atoms with van der Waals surface area (Å²) < 4.78 is 5.63. The third-order valence-electron chi connectivity index (χ3n) is 3.25. The highest BCUT2D eigenvalue weighted by molar-refractivity contribution is 7.15. The van der Waals surface area contributed by atoms with E-state index in [0.717, 1.165) is 16.3 Å². The zero-order valence-corrected chi connectivity index (χ0v) is 14.3. The van der Waals surface area contributed by atoms with Crippen molar-refractivity contribution in [1.82, 2.24) is 10.2 Å². The topological polar surface area (TPSA) is 64.1 Å². The zero-order valence-electron chi connectivity index (χ0n) is 13.5. The Morgan fingerprint density at radius 1 is 1.04 bits per heavy atom. The monoisotopic (exact) mass is 351 g/mol. The third-order valence-corrected chi connectivity index (χ3v) is 4.15. The van der Waals surface area contributed by atoms with Crippen molar-refractivity contribution in [1.29, 1.82) is 0 Å². The van der Waals surface area contributed by atoms with Crippen molar-refractivity contribution in [2.45, 2.75) is 6.42 Å². The molecule has 0 aliphatic rings. The second-order valence-corrected chi connectivity index (χ2v) is 6.21. The van der Waals surface area contributed by atoms with Gasteiger partial charge in [-0.3, -0.25) is 10.1 Å². The van der Waals surface area contributed by atoms with E-state index in [1.807, 2.05) is 60.7 Å². The van der Waals surface area contributed by atoms with Crippen molar-refractivity contribution in [3.8, 4) is 5.75 Å². The first-order chi connectivity index (χ1) is 12.3. The van der Waals surface area contributed by atoms with Gasteiger partial charge >= 0.3 is 0 Å². The first kappa shape index (κ1) is 16.9. The quantitative estimate of drug-likeness (QED) is 0.658. The maximum atomic E-state index is 11.9. The molecule has 0 saturated carbocycles.